The lowest BCUT2D eigenvalue weighted by Gasteiger charge is -2.03. The average molecular weight is 327 g/mol. The minimum atomic E-state index is -0.113. The highest BCUT2D eigenvalue weighted by Crippen LogP contribution is 2.15. The summed E-state index contributed by atoms with van der Waals surface area (Å²) in [6.07, 6.45) is 1.57. The average Bonchev–Trinajstić information content (AvgIpc) is 2.20. The van der Waals surface area contributed by atoms with Gasteiger partial charge in [-0.2, -0.15) is 0 Å². The zero-order valence-electron chi connectivity index (χ0n) is 8.91. The zero-order chi connectivity index (χ0) is 11.7. The summed E-state index contributed by atoms with van der Waals surface area (Å²) in [7, 11) is 0. The number of aromatic nitrogens is 3. The van der Waals surface area contributed by atoms with Gasteiger partial charge in [-0.05, 0) is 48.6 Å². The molecule has 0 aromatic carbocycles. The van der Waals surface area contributed by atoms with E-state index < -0.39 is 0 Å². The van der Waals surface area contributed by atoms with Crippen LogP contribution in [0.2, 0.25) is 0 Å². The van der Waals surface area contributed by atoms with Crippen LogP contribution in [0.5, 0.6) is 0 Å². The Labute approximate surface area is 106 Å². The molecule has 0 bridgehead atoms. The van der Waals surface area contributed by atoms with Crippen molar-refractivity contribution in [3.05, 3.63) is 43.6 Å². The first-order valence-electron chi connectivity index (χ1n) is 4.77. The maximum Gasteiger partial charge on any atom is 0.264 e. The third-order valence-corrected chi connectivity index (χ3v) is 2.88. The Kier molecular flexibility index (Phi) is 3.04. The van der Waals surface area contributed by atoms with E-state index in [1.54, 1.807) is 6.20 Å². The van der Waals surface area contributed by atoms with E-state index in [-0.39, 0.29) is 5.56 Å². The number of aromatic amines is 1. The number of H-pyrrole nitrogens is 1. The van der Waals surface area contributed by atoms with Gasteiger partial charge in [0.15, 0.2) is 0 Å². The van der Waals surface area contributed by atoms with Gasteiger partial charge in [-0.15, -0.1) is 0 Å². The fourth-order valence-corrected chi connectivity index (χ4v) is 1.77. The molecule has 0 aliphatic carbocycles. The number of nitrogens with zero attached hydrogens (tertiary/aromatic N) is 2. The first-order chi connectivity index (χ1) is 7.56. The van der Waals surface area contributed by atoms with Crippen molar-refractivity contribution in [2.75, 3.05) is 0 Å². The van der Waals surface area contributed by atoms with Gasteiger partial charge in [0, 0.05) is 23.1 Å². The molecule has 0 saturated heterocycles. The van der Waals surface area contributed by atoms with Gasteiger partial charge < -0.3 is 4.98 Å². The maximum atomic E-state index is 11.5. The summed E-state index contributed by atoms with van der Waals surface area (Å²) in [4.78, 5) is 22.7. The fourth-order valence-electron chi connectivity index (χ4n) is 1.50. The van der Waals surface area contributed by atoms with Crippen LogP contribution >= 0.6 is 22.6 Å². The van der Waals surface area contributed by atoms with Crippen LogP contribution in [0.3, 0.4) is 0 Å². The number of nitrogens with one attached hydrogen (secondary N) is 1. The molecule has 4 nitrogen and oxygen atoms in total. The summed E-state index contributed by atoms with van der Waals surface area (Å²) in [6, 6.07) is 3.80. The molecule has 2 aromatic rings. The normalized spacial score (nSPS) is 10.4. The quantitative estimate of drug-likeness (QED) is 0.816. The Balaban J connectivity index is 2.58. The second kappa shape index (κ2) is 4.32. The van der Waals surface area contributed by atoms with Gasteiger partial charge in [0.1, 0.15) is 5.82 Å². The smallest absolute Gasteiger partial charge is 0.264 e. The molecule has 16 heavy (non-hydrogen) atoms. The predicted molar refractivity (Wildman–Crippen MR) is 70.3 cm³/mol. The number of hydrogen-bond acceptors (Lipinski definition) is 3. The van der Waals surface area contributed by atoms with Gasteiger partial charge in [0.05, 0.1) is 3.57 Å². The van der Waals surface area contributed by atoms with E-state index in [4.69, 9.17) is 0 Å². The van der Waals surface area contributed by atoms with Crippen molar-refractivity contribution in [2.24, 2.45) is 0 Å². The number of halogens is 1. The van der Waals surface area contributed by atoms with Crippen LogP contribution in [0.1, 0.15) is 11.4 Å². The van der Waals surface area contributed by atoms with Crippen molar-refractivity contribution in [1.29, 1.82) is 0 Å². The Morgan fingerprint density at radius 1 is 1.25 bits per heavy atom. The lowest BCUT2D eigenvalue weighted by molar-refractivity contribution is 1.08. The molecule has 0 spiro atoms. The molecule has 0 amide bonds. The first kappa shape index (κ1) is 11.3. The van der Waals surface area contributed by atoms with E-state index in [1.165, 1.54) is 0 Å². The van der Waals surface area contributed by atoms with Crippen LogP contribution < -0.4 is 5.56 Å². The van der Waals surface area contributed by atoms with E-state index in [9.17, 15) is 4.79 Å². The molecule has 0 aliphatic rings. The molecule has 1 N–H and O–H groups in total. The maximum absolute atomic E-state index is 11.5. The minimum Gasteiger partial charge on any atom is -0.306 e. The summed E-state index contributed by atoms with van der Waals surface area (Å²) < 4.78 is 0.587. The molecule has 0 fully saturated rings. The van der Waals surface area contributed by atoms with Crippen LogP contribution in [0.4, 0.5) is 0 Å². The molecule has 0 atom stereocenters. The predicted octanol–water partition coefficient (Wildman–Crippen LogP) is 2.05. The van der Waals surface area contributed by atoms with Crippen molar-refractivity contribution in [3.63, 3.8) is 0 Å². The molecule has 0 radical (unpaired) electrons. The highest BCUT2D eigenvalue weighted by molar-refractivity contribution is 14.1. The SMILES string of the molecule is Cc1cc(-c2ncc(I)c(=O)[nH]2)cc(C)n1. The Morgan fingerprint density at radius 3 is 2.44 bits per heavy atom. The van der Waals surface area contributed by atoms with Gasteiger partial charge in [-0.3, -0.25) is 9.78 Å². The van der Waals surface area contributed by atoms with Crippen LogP contribution in [0.15, 0.2) is 23.1 Å². The largest absolute Gasteiger partial charge is 0.306 e. The van der Waals surface area contributed by atoms with Crippen molar-refractivity contribution in [2.45, 2.75) is 13.8 Å². The molecule has 2 rings (SSSR count). The third kappa shape index (κ3) is 2.29. The molecule has 2 aromatic heterocycles. The van der Waals surface area contributed by atoms with Crippen LogP contribution in [-0.2, 0) is 0 Å². The second-order valence-corrected chi connectivity index (χ2v) is 4.71. The summed E-state index contributed by atoms with van der Waals surface area (Å²) in [6.45, 7) is 3.84. The van der Waals surface area contributed by atoms with Crippen molar-refractivity contribution in [1.82, 2.24) is 15.0 Å². The van der Waals surface area contributed by atoms with Gasteiger partial charge >= 0.3 is 0 Å². The number of aryl methyl sites for hydroxylation is 2. The molecule has 5 heteroatoms. The Hall–Kier alpha value is -1.24. The van der Waals surface area contributed by atoms with Gasteiger partial charge in [-0.25, -0.2) is 4.98 Å². The topological polar surface area (TPSA) is 58.6 Å². The first-order valence-corrected chi connectivity index (χ1v) is 5.84. The van der Waals surface area contributed by atoms with E-state index in [2.05, 4.69) is 15.0 Å². The van der Waals surface area contributed by atoms with Crippen LogP contribution in [0, 0.1) is 17.4 Å². The number of hydrogen-bond donors (Lipinski definition) is 1. The van der Waals surface area contributed by atoms with E-state index >= 15 is 0 Å². The lowest BCUT2D eigenvalue weighted by Crippen LogP contribution is -2.11. The number of rotatable bonds is 1. The van der Waals surface area contributed by atoms with E-state index in [0.717, 1.165) is 17.0 Å². The van der Waals surface area contributed by atoms with Crippen LogP contribution in [-0.4, -0.2) is 15.0 Å². The van der Waals surface area contributed by atoms with E-state index in [1.807, 2.05) is 48.6 Å². The molecule has 2 heterocycles. The molecule has 82 valence electrons. The zero-order valence-corrected chi connectivity index (χ0v) is 11.1. The molecular weight excluding hydrogens is 317 g/mol. The highest BCUT2D eigenvalue weighted by atomic mass is 127. The minimum absolute atomic E-state index is 0.113. The second-order valence-electron chi connectivity index (χ2n) is 3.55. The lowest BCUT2D eigenvalue weighted by atomic mass is 10.2. The molecule has 0 aliphatic heterocycles. The van der Waals surface area contributed by atoms with Gasteiger partial charge in [0.2, 0.25) is 0 Å². The molecular formula is C11H10IN3O. The summed E-state index contributed by atoms with van der Waals surface area (Å²) in [5, 5.41) is 0. The monoisotopic (exact) mass is 327 g/mol. The van der Waals surface area contributed by atoms with E-state index in [0.29, 0.717) is 9.39 Å². The van der Waals surface area contributed by atoms with Gasteiger partial charge in [0.25, 0.3) is 5.56 Å². The summed E-state index contributed by atoms with van der Waals surface area (Å²) in [5.74, 6) is 0.582. The van der Waals surface area contributed by atoms with Crippen molar-refractivity contribution in [3.8, 4) is 11.4 Å². The Morgan fingerprint density at radius 2 is 1.88 bits per heavy atom. The number of pyridine rings is 1. The fraction of sp³-hybridized carbons (Fsp3) is 0.182. The van der Waals surface area contributed by atoms with Crippen LogP contribution in [0.25, 0.3) is 11.4 Å². The molecule has 0 unspecified atom stereocenters. The van der Waals surface area contributed by atoms with Crippen molar-refractivity contribution >= 4 is 22.6 Å². The summed E-state index contributed by atoms with van der Waals surface area (Å²) in [5.41, 5.74) is 2.60. The van der Waals surface area contributed by atoms with Gasteiger partial charge in [-0.1, -0.05) is 0 Å². The highest BCUT2D eigenvalue weighted by Gasteiger charge is 2.04. The summed E-state index contributed by atoms with van der Waals surface area (Å²) >= 11 is 1.96. The standard InChI is InChI=1S/C11H10IN3O/c1-6-3-8(4-7(2)14-6)10-13-5-9(12)11(16)15-10/h3-5H,1-2H3,(H,13,15,16). The molecule has 0 saturated carbocycles. The Bertz CT molecular complexity index is 572. The van der Waals surface area contributed by atoms with Crippen molar-refractivity contribution < 1.29 is 0 Å². The third-order valence-electron chi connectivity index (χ3n) is 2.11.